The number of carbonyl (C=O) groups is 2. The number of hydrogen-bond acceptors (Lipinski definition) is 4. The highest BCUT2D eigenvalue weighted by Crippen LogP contribution is 2.20. The van der Waals surface area contributed by atoms with Gasteiger partial charge in [-0.2, -0.15) is 5.26 Å². The van der Waals surface area contributed by atoms with E-state index in [0.29, 0.717) is 10.2 Å². The van der Waals surface area contributed by atoms with Crippen LogP contribution in [0.15, 0.2) is 22.7 Å². The summed E-state index contributed by atoms with van der Waals surface area (Å²) in [5, 5.41) is 32.2. The third kappa shape index (κ3) is 5.81. The largest absolute Gasteiger partial charge is 0.481 e. The maximum absolute atomic E-state index is 11.7. The maximum atomic E-state index is 11.7. The molecule has 0 radical (unpaired) electrons. The van der Waals surface area contributed by atoms with Gasteiger partial charge in [-0.3, -0.25) is 4.79 Å². The number of carboxylic acids is 1. The zero-order chi connectivity index (χ0) is 16.0. The smallest absolute Gasteiger partial charge is 0.319 e. The van der Waals surface area contributed by atoms with Gasteiger partial charge in [0.05, 0.1) is 23.3 Å². The average molecular weight is 356 g/mol. The summed E-state index contributed by atoms with van der Waals surface area (Å²) in [5.74, 6) is -1.16. The Bertz CT molecular complexity index is 596. The van der Waals surface area contributed by atoms with Crippen LogP contribution in [0.1, 0.15) is 18.9 Å². The van der Waals surface area contributed by atoms with Gasteiger partial charge in [-0.05, 0) is 25.1 Å². The van der Waals surface area contributed by atoms with Crippen LogP contribution in [0.5, 0.6) is 0 Å². The minimum atomic E-state index is -1.55. The molecule has 7 nitrogen and oxygen atoms in total. The molecule has 1 atom stereocenters. The van der Waals surface area contributed by atoms with E-state index in [-0.39, 0.29) is 12.1 Å². The van der Waals surface area contributed by atoms with Crippen molar-refractivity contribution in [3.63, 3.8) is 0 Å². The van der Waals surface area contributed by atoms with Gasteiger partial charge in [-0.25, -0.2) is 4.79 Å². The lowest BCUT2D eigenvalue weighted by Crippen LogP contribution is -2.43. The molecule has 0 aromatic heterocycles. The molecular formula is C13H14BrN3O4. The van der Waals surface area contributed by atoms with Gasteiger partial charge < -0.3 is 20.8 Å². The number of anilines is 1. The first-order chi connectivity index (χ1) is 9.73. The Labute approximate surface area is 129 Å². The fourth-order valence-electron chi connectivity index (χ4n) is 1.54. The second kappa shape index (κ2) is 7.06. The van der Waals surface area contributed by atoms with Crippen LogP contribution in [-0.2, 0) is 4.79 Å². The Morgan fingerprint density at radius 3 is 2.71 bits per heavy atom. The van der Waals surface area contributed by atoms with E-state index >= 15 is 0 Å². The molecule has 4 N–H and O–H groups in total. The van der Waals surface area contributed by atoms with Crippen molar-refractivity contribution in [3.8, 4) is 6.07 Å². The number of aliphatic hydroxyl groups is 1. The summed E-state index contributed by atoms with van der Waals surface area (Å²) in [5.41, 5.74) is -0.964. The number of nitriles is 1. The minimum Gasteiger partial charge on any atom is -0.481 e. The van der Waals surface area contributed by atoms with Crippen molar-refractivity contribution in [2.75, 3.05) is 11.9 Å². The summed E-state index contributed by atoms with van der Waals surface area (Å²) in [6, 6.07) is 6.07. The first-order valence-corrected chi connectivity index (χ1v) is 6.71. The molecule has 21 heavy (non-hydrogen) atoms. The molecule has 2 amide bonds. The van der Waals surface area contributed by atoms with E-state index < -0.39 is 24.0 Å². The summed E-state index contributed by atoms with van der Waals surface area (Å²) in [6.07, 6.45) is -0.491. The van der Waals surface area contributed by atoms with Crippen LogP contribution in [0.3, 0.4) is 0 Å². The molecule has 112 valence electrons. The quantitative estimate of drug-likeness (QED) is 0.639. The van der Waals surface area contributed by atoms with Crippen molar-refractivity contribution < 1.29 is 19.8 Å². The van der Waals surface area contributed by atoms with Crippen molar-refractivity contribution in [2.45, 2.75) is 18.9 Å². The molecule has 0 aliphatic rings. The van der Waals surface area contributed by atoms with Crippen LogP contribution in [0.25, 0.3) is 0 Å². The molecular weight excluding hydrogens is 342 g/mol. The van der Waals surface area contributed by atoms with Gasteiger partial charge in [0, 0.05) is 11.0 Å². The first kappa shape index (κ1) is 16.9. The fraction of sp³-hybridized carbons (Fsp3) is 0.308. The Balaban J connectivity index is 2.63. The lowest BCUT2D eigenvalue weighted by Gasteiger charge is -2.21. The zero-order valence-corrected chi connectivity index (χ0v) is 12.8. The van der Waals surface area contributed by atoms with Crippen LogP contribution in [0, 0.1) is 11.3 Å². The SMILES string of the molecule is CC(O)(CNC(=O)Nc1ccc(Br)cc1C#N)CC(=O)O. The lowest BCUT2D eigenvalue weighted by molar-refractivity contribution is -0.141. The van der Waals surface area contributed by atoms with E-state index in [4.69, 9.17) is 10.4 Å². The van der Waals surface area contributed by atoms with Crippen molar-refractivity contribution in [1.82, 2.24) is 5.32 Å². The van der Waals surface area contributed by atoms with Gasteiger partial charge in [0.15, 0.2) is 0 Å². The third-order valence-electron chi connectivity index (χ3n) is 2.51. The molecule has 0 aliphatic carbocycles. The van der Waals surface area contributed by atoms with E-state index in [0.717, 1.165) is 0 Å². The molecule has 1 aromatic carbocycles. The molecule has 1 aromatic rings. The van der Waals surface area contributed by atoms with Gasteiger partial charge >= 0.3 is 12.0 Å². The van der Waals surface area contributed by atoms with Crippen LogP contribution >= 0.6 is 15.9 Å². The van der Waals surface area contributed by atoms with Crippen molar-refractivity contribution in [3.05, 3.63) is 28.2 Å². The van der Waals surface area contributed by atoms with Gasteiger partial charge in [-0.1, -0.05) is 15.9 Å². The van der Waals surface area contributed by atoms with E-state index in [1.54, 1.807) is 18.2 Å². The summed E-state index contributed by atoms with van der Waals surface area (Å²) in [4.78, 5) is 22.2. The summed E-state index contributed by atoms with van der Waals surface area (Å²) >= 11 is 3.21. The number of hydrogen-bond donors (Lipinski definition) is 4. The number of urea groups is 1. The Morgan fingerprint density at radius 2 is 2.14 bits per heavy atom. The van der Waals surface area contributed by atoms with E-state index in [2.05, 4.69) is 26.6 Å². The number of halogens is 1. The van der Waals surface area contributed by atoms with Crippen LogP contribution in [-0.4, -0.2) is 34.4 Å². The first-order valence-electron chi connectivity index (χ1n) is 5.92. The summed E-state index contributed by atoms with van der Waals surface area (Å²) in [7, 11) is 0. The van der Waals surface area contributed by atoms with Gasteiger partial charge in [0.1, 0.15) is 6.07 Å². The van der Waals surface area contributed by atoms with Crippen LogP contribution < -0.4 is 10.6 Å². The molecule has 0 fully saturated rings. The Kier molecular flexibility index (Phi) is 5.69. The zero-order valence-electron chi connectivity index (χ0n) is 11.2. The van der Waals surface area contributed by atoms with Crippen LogP contribution in [0.2, 0.25) is 0 Å². The lowest BCUT2D eigenvalue weighted by atomic mass is 10.0. The van der Waals surface area contributed by atoms with Crippen molar-refractivity contribution >= 4 is 33.6 Å². The number of nitrogens with one attached hydrogen (secondary N) is 2. The number of carbonyl (C=O) groups excluding carboxylic acids is 1. The Morgan fingerprint density at radius 1 is 1.48 bits per heavy atom. The third-order valence-corrected chi connectivity index (χ3v) is 3.01. The highest BCUT2D eigenvalue weighted by atomic mass is 79.9. The summed E-state index contributed by atoms with van der Waals surface area (Å²) < 4.78 is 0.703. The molecule has 0 spiro atoms. The molecule has 1 unspecified atom stereocenters. The van der Waals surface area contributed by atoms with E-state index in [9.17, 15) is 14.7 Å². The number of aliphatic carboxylic acids is 1. The van der Waals surface area contributed by atoms with Gasteiger partial charge in [0.25, 0.3) is 0 Å². The molecule has 0 heterocycles. The second-order valence-corrected chi connectivity index (χ2v) is 5.59. The molecule has 8 heteroatoms. The predicted molar refractivity (Wildman–Crippen MR) is 78.8 cm³/mol. The van der Waals surface area contributed by atoms with Gasteiger partial charge in [-0.15, -0.1) is 0 Å². The monoisotopic (exact) mass is 355 g/mol. The van der Waals surface area contributed by atoms with Crippen molar-refractivity contribution in [2.24, 2.45) is 0 Å². The normalized spacial score (nSPS) is 12.9. The predicted octanol–water partition coefficient (Wildman–Crippen LogP) is 1.67. The molecule has 0 saturated heterocycles. The number of amides is 2. The standard InChI is InChI=1S/C13H14BrN3O4/c1-13(21,5-11(18)19)7-16-12(20)17-10-3-2-9(14)4-8(10)6-15/h2-4,21H,5,7H2,1H3,(H,18,19)(H2,16,17,20). The summed E-state index contributed by atoms with van der Waals surface area (Å²) in [6.45, 7) is 1.07. The molecule has 0 aliphatic heterocycles. The average Bonchev–Trinajstić information content (AvgIpc) is 2.37. The highest BCUT2D eigenvalue weighted by molar-refractivity contribution is 9.10. The second-order valence-electron chi connectivity index (χ2n) is 4.68. The Hall–Kier alpha value is -2.11. The number of benzene rings is 1. The minimum absolute atomic E-state index is 0.233. The van der Waals surface area contributed by atoms with E-state index in [1.807, 2.05) is 6.07 Å². The maximum Gasteiger partial charge on any atom is 0.319 e. The molecule has 1 rings (SSSR count). The topological polar surface area (TPSA) is 122 Å². The van der Waals surface area contributed by atoms with Gasteiger partial charge in [0.2, 0.25) is 0 Å². The van der Waals surface area contributed by atoms with Crippen LogP contribution in [0.4, 0.5) is 10.5 Å². The fourth-order valence-corrected chi connectivity index (χ4v) is 1.90. The number of nitrogens with zero attached hydrogens (tertiary/aromatic N) is 1. The molecule has 0 saturated carbocycles. The molecule has 0 bridgehead atoms. The van der Waals surface area contributed by atoms with Crippen molar-refractivity contribution in [1.29, 1.82) is 5.26 Å². The highest BCUT2D eigenvalue weighted by Gasteiger charge is 2.24. The number of rotatable bonds is 5. The number of carboxylic acid groups (broad SMARTS) is 1. The van der Waals surface area contributed by atoms with E-state index in [1.165, 1.54) is 6.92 Å².